The fourth-order valence-electron chi connectivity index (χ4n) is 1.83. The second-order valence-corrected chi connectivity index (χ2v) is 7.07. The lowest BCUT2D eigenvalue weighted by atomic mass is 10.2. The Morgan fingerprint density at radius 3 is 2.55 bits per heavy atom. The third-order valence-corrected chi connectivity index (χ3v) is 4.03. The van der Waals surface area contributed by atoms with E-state index in [-0.39, 0.29) is 17.8 Å². The van der Waals surface area contributed by atoms with Crippen LogP contribution in [-0.2, 0) is 19.1 Å². The number of ether oxygens (including phenoxy) is 2. The highest BCUT2D eigenvalue weighted by Crippen LogP contribution is 2.23. The molecule has 0 bridgehead atoms. The fourth-order valence-corrected chi connectivity index (χ4v) is 3.08. The minimum Gasteiger partial charge on any atom is -0.480 e. The van der Waals surface area contributed by atoms with E-state index in [1.54, 1.807) is 20.8 Å². The lowest BCUT2D eigenvalue weighted by Gasteiger charge is -2.23. The second-order valence-electron chi connectivity index (χ2n) is 5.84. The molecule has 1 aliphatic heterocycles. The summed E-state index contributed by atoms with van der Waals surface area (Å²) < 4.78 is 9.68. The first-order valence-electron chi connectivity index (χ1n) is 6.80. The van der Waals surface area contributed by atoms with Crippen LogP contribution >= 0.6 is 11.8 Å². The molecule has 1 fully saturated rings. The average molecular weight is 334 g/mol. The van der Waals surface area contributed by atoms with Gasteiger partial charge in [0, 0.05) is 12.2 Å². The molecule has 1 rings (SSSR count). The number of alkyl carbamates (subject to hydrolysis) is 1. The molecule has 0 radical (unpaired) electrons. The number of nitrogens with one attached hydrogen (secondary N) is 2. The first-order chi connectivity index (χ1) is 10.1. The van der Waals surface area contributed by atoms with Gasteiger partial charge in [-0.05, 0) is 20.8 Å². The largest absolute Gasteiger partial charge is 0.480 e. The first-order valence-corrected chi connectivity index (χ1v) is 7.85. The topological polar surface area (TPSA) is 114 Å². The molecule has 9 heteroatoms. The Bertz CT molecular complexity index is 437. The van der Waals surface area contributed by atoms with Crippen molar-refractivity contribution in [3.63, 3.8) is 0 Å². The van der Waals surface area contributed by atoms with Gasteiger partial charge in [0.25, 0.3) is 0 Å². The van der Waals surface area contributed by atoms with E-state index in [4.69, 9.17) is 4.74 Å². The van der Waals surface area contributed by atoms with E-state index in [0.717, 1.165) is 0 Å². The number of hydrogen-bond donors (Lipinski definition) is 3. The molecule has 1 amide bonds. The van der Waals surface area contributed by atoms with Crippen LogP contribution in [-0.4, -0.2) is 59.1 Å². The molecule has 0 spiro atoms. The smallest absolute Gasteiger partial charge is 0.408 e. The van der Waals surface area contributed by atoms with Gasteiger partial charge in [-0.3, -0.25) is 10.1 Å². The fraction of sp³-hybridized carbons (Fsp3) is 0.769. The molecule has 0 saturated carbocycles. The second kappa shape index (κ2) is 7.68. The molecular weight excluding hydrogens is 312 g/mol. The number of carbonyl (C=O) groups excluding carboxylic acids is 2. The third kappa shape index (κ3) is 6.10. The van der Waals surface area contributed by atoms with E-state index < -0.39 is 29.7 Å². The summed E-state index contributed by atoms with van der Waals surface area (Å²) in [5.74, 6) is -1.05. The monoisotopic (exact) mass is 334 g/mol. The van der Waals surface area contributed by atoms with Crippen molar-refractivity contribution < 1.29 is 29.0 Å². The predicted octanol–water partition coefficient (Wildman–Crippen LogP) is 0.558. The minimum absolute atomic E-state index is 0.132. The van der Waals surface area contributed by atoms with Crippen molar-refractivity contribution >= 4 is 29.8 Å². The number of hydrogen-bond acceptors (Lipinski definition) is 7. The van der Waals surface area contributed by atoms with Gasteiger partial charge in [-0.2, -0.15) is 0 Å². The van der Waals surface area contributed by atoms with E-state index in [0.29, 0.717) is 5.75 Å². The van der Waals surface area contributed by atoms with Crippen molar-refractivity contribution in [3.8, 4) is 0 Å². The maximum atomic E-state index is 11.7. The number of aliphatic carboxylic acids is 1. The zero-order valence-electron chi connectivity index (χ0n) is 13.0. The molecule has 0 aromatic rings. The number of carbonyl (C=O) groups is 3. The normalized spacial score (nSPS) is 22.7. The van der Waals surface area contributed by atoms with Gasteiger partial charge in [-0.15, -0.1) is 11.8 Å². The van der Waals surface area contributed by atoms with Crippen LogP contribution in [0.3, 0.4) is 0 Å². The molecule has 1 heterocycles. The Hall–Kier alpha value is -1.48. The molecule has 3 atom stereocenters. The Morgan fingerprint density at radius 1 is 1.41 bits per heavy atom. The van der Waals surface area contributed by atoms with Crippen molar-refractivity contribution in [1.82, 2.24) is 10.6 Å². The van der Waals surface area contributed by atoms with Crippen LogP contribution in [0.25, 0.3) is 0 Å². The molecule has 0 aliphatic carbocycles. The number of carboxylic acid groups (broad SMARTS) is 1. The van der Waals surface area contributed by atoms with Crippen molar-refractivity contribution in [2.24, 2.45) is 0 Å². The van der Waals surface area contributed by atoms with Crippen LogP contribution in [0.2, 0.25) is 0 Å². The summed E-state index contributed by atoms with van der Waals surface area (Å²) >= 11 is 1.41. The Balaban J connectivity index is 2.54. The van der Waals surface area contributed by atoms with E-state index in [2.05, 4.69) is 15.4 Å². The van der Waals surface area contributed by atoms with Gasteiger partial charge in [0.15, 0.2) is 0 Å². The molecule has 22 heavy (non-hydrogen) atoms. The highest BCUT2D eigenvalue weighted by Gasteiger charge is 2.34. The number of rotatable bonds is 5. The quantitative estimate of drug-likeness (QED) is 0.625. The highest BCUT2D eigenvalue weighted by atomic mass is 32.2. The molecule has 0 aromatic carbocycles. The molecule has 0 aromatic heterocycles. The van der Waals surface area contributed by atoms with Crippen LogP contribution < -0.4 is 10.6 Å². The Labute approximate surface area is 133 Å². The lowest BCUT2D eigenvalue weighted by molar-refractivity contribution is -0.142. The third-order valence-electron chi connectivity index (χ3n) is 2.78. The zero-order chi connectivity index (χ0) is 16.9. The molecule has 126 valence electrons. The van der Waals surface area contributed by atoms with Crippen molar-refractivity contribution in [2.45, 2.75) is 50.3 Å². The number of carboxylic acids is 1. The lowest BCUT2D eigenvalue weighted by Crippen LogP contribution is -2.47. The number of thioether (sulfide) groups is 1. The van der Waals surface area contributed by atoms with Crippen LogP contribution in [0.15, 0.2) is 0 Å². The van der Waals surface area contributed by atoms with E-state index in [9.17, 15) is 19.5 Å². The summed E-state index contributed by atoms with van der Waals surface area (Å²) in [4.78, 5) is 34.3. The van der Waals surface area contributed by atoms with E-state index in [1.165, 1.54) is 18.9 Å². The van der Waals surface area contributed by atoms with Gasteiger partial charge in [-0.25, -0.2) is 9.59 Å². The summed E-state index contributed by atoms with van der Waals surface area (Å²) in [7, 11) is 1.30. The van der Waals surface area contributed by atoms with Crippen LogP contribution in [0, 0.1) is 0 Å². The summed E-state index contributed by atoms with van der Waals surface area (Å²) in [5, 5.41) is 14.2. The minimum atomic E-state index is -1.16. The molecule has 3 N–H and O–H groups in total. The standard InChI is InChI=1S/C13H22N2O6S/c1-13(2,3)21-12(19)15-7(10(16)17)5-9-14-8(6-22-9)11(18)20-4/h7-9,14H,5-6H2,1-4H3,(H,15,19)(H,16,17)/t7-,8+,9?/m1/s1. The Kier molecular flexibility index (Phi) is 6.48. The molecular formula is C13H22N2O6S. The highest BCUT2D eigenvalue weighted by molar-refractivity contribution is 8.00. The SMILES string of the molecule is COC(=O)[C@@H]1CSC(C[C@@H](NC(=O)OC(C)(C)C)C(=O)O)N1. The van der Waals surface area contributed by atoms with Crippen LogP contribution in [0.4, 0.5) is 4.79 Å². The first kappa shape index (κ1) is 18.6. The molecule has 1 saturated heterocycles. The van der Waals surface area contributed by atoms with Crippen LogP contribution in [0.5, 0.6) is 0 Å². The van der Waals surface area contributed by atoms with Gasteiger partial charge >= 0.3 is 18.0 Å². The summed E-state index contributed by atoms with van der Waals surface area (Å²) in [6, 6.07) is -1.56. The van der Waals surface area contributed by atoms with Gasteiger partial charge in [0.05, 0.1) is 12.5 Å². The zero-order valence-corrected chi connectivity index (χ0v) is 13.9. The maximum Gasteiger partial charge on any atom is 0.408 e. The average Bonchev–Trinajstić information content (AvgIpc) is 2.83. The molecule has 1 aliphatic rings. The van der Waals surface area contributed by atoms with Crippen molar-refractivity contribution in [3.05, 3.63) is 0 Å². The predicted molar refractivity (Wildman–Crippen MR) is 80.6 cm³/mol. The number of methoxy groups -OCH3 is 1. The summed E-state index contributed by atoms with van der Waals surface area (Å²) in [6.07, 6.45) is -0.653. The maximum absolute atomic E-state index is 11.7. The van der Waals surface area contributed by atoms with Gasteiger partial charge in [0.2, 0.25) is 0 Å². The Morgan fingerprint density at radius 2 is 2.05 bits per heavy atom. The number of amides is 1. The van der Waals surface area contributed by atoms with E-state index >= 15 is 0 Å². The summed E-state index contributed by atoms with van der Waals surface area (Å²) in [5.41, 5.74) is -0.705. The van der Waals surface area contributed by atoms with Gasteiger partial charge in [-0.1, -0.05) is 0 Å². The molecule has 8 nitrogen and oxygen atoms in total. The van der Waals surface area contributed by atoms with Crippen LogP contribution in [0.1, 0.15) is 27.2 Å². The van der Waals surface area contributed by atoms with Gasteiger partial charge < -0.3 is 19.9 Å². The number of esters is 1. The van der Waals surface area contributed by atoms with Gasteiger partial charge in [0.1, 0.15) is 17.7 Å². The van der Waals surface area contributed by atoms with Crippen molar-refractivity contribution in [1.29, 1.82) is 0 Å². The van der Waals surface area contributed by atoms with Crippen molar-refractivity contribution in [2.75, 3.05) is 12.9 Å². The summed E-state index contributed by atoms with van der Waals surface area (Å²) in [6.45, 7) is 5.08. The molecule has 1 unspecified atom stereocenters. The van der Waals surface area contributed by atoms with E-state index in [1.807, 2.05) is 0 Å².